The maximum absolute atomic E-state index is 12.6. The summed E-state index contributed by atoms with van der Waals surface area (Å²) in [7, 11) is -3.29. The SMILES string of the molecule is CC(=O)c1ccc(C(C)Oc2cccc(C(=O)Nc3ccc(S(C)(=O)=O)cc3)c2)cc1. The molecule has 0 radical (unpaired) electrons. The molecule has 1 atom stereocenters. The molecule has 0 spiro atoms. The highest BCUT2D eigenvalue weighted by Crippen LogP contribution is 2.24. The molecule has 0 aliphatic carbocycles. The van der Waals surface area contributed by atoms with Crippen molar-refractivity contribution in [2.75, 3.05) is 11.6 Å². The van der Waals surface area contributed by atoms with Gasteiger partial charge in [-0.05, 0) is 61.9 Å². The van der Waals surface area contributed by atoms with E-state index in [1.165, 1.54) is 19.1 Å². The van der Waals surface area contributed by atoms with Gasteiger partial charge >= 0.3 is 0 Å². The van der Waals surface area contributed by atoms with Crippen LogP contribution in [0.4, 0.5) is 5.69 Å². The zero-order chi connectivity index (χ0) is 22.6. The number of ketones is 1. The highest BCUT2D eigenvalue weighted by molar-refractivity contribution is 7.90. The quantitative estimate of drug-likeness (QED) is 0.542. The lowest BCUT2D eigenvalue weighted by Crippen LogP contribution is -2.12. The Morgan fingerprint density at radius 2 is 1.55 bits per heavy atom. The normalized spacial score (nSPS) is 12.1. The average Bonchev–Trinajstić information content (AvgIpc) is 2.73. The molecule has 160 valence electrons. The van der Waals surface area contributed by atoms with Crippen molar-refractivity contribution in [3.8, 4) is 5.75 Å². The van der Waals surface area contributed by atoms with Crippen LogP contribution in [0.5, 0.6) is 5.75 Å². The number of carbonyl (C=O) groups excluding carboxylic acids is 2. The number of amides is 1. The Bertz CT molecular complexity index is 1200. The Hall–Kier alpha value is -3.45. The zero-order valence-electron chi connectivity index (χ0n) is 17.5. The molecule has 3 rings (SSSR count). The largest absolute Gasteiger partial charge is 0.486 e. The molecule has 0 aromatic heterocycles. The topological polar surface area (TPSA) is 89.5 Å². The predicted octanol–water partition coefficient (Wildman–Crippen LogP) is 4.69. The molecule has 0 saturated carbocycles. The van der Waals surface area contributed by atoms with Crippen LogP contribution >= 0.6 is 0 Å². The molecule has 0 aliphatic rings. The smallest absolute Gasteiger partial charge is 0.255 e. The Labute approximate surface area is 181 Å². The number of carbonyl (C=O) groups is 2. The van der Waals surface area contributed by atoms with Crippen molar-refractivity contribution in [2.24, 2.45) is 0 Å². The molecule has 0 bridgehead atoms. The van der Waals surface area contributed by atoms with Crippen LogP contribution < -0.4 is 10.1 Å². The summed E-state index contributed by atoms with van der Waals surface area (Å²) < 4.78 is 29.1. The molecule has 3 aromatic rings. The second kappa shape index (κ2) is 9.14. The number of nitrogens with one attached hydrogen (secondary N) is 1. The van der Waals surface area contributed by atoms with Crippen LogP contribution in [0, 0.1) is 0 Å². The third kappa shape index (κ3) is 5.79. The number of ether oxygens (including phenoxy) is 1. The van der Waals surface area contributed by atoms with Crippen molar-refractivity contribution in [2.45, 2.75) is 24.8 Å². The molecule has 0 fully saturated rings. The Kier molecular flexibility index (Phi) is 6.56. The van der Waals surface area contributed by atoms with E-state index in [2.05, 4.69) is 5.32 Å². The van der Waals surface area contributed by atoms with E-state index >= 15 is 0 Å². The lowest BCUT2D eigenvalue weighted by molar-refractivity contribution is 0.101. The van der Waals surface area contributed by atoms with E-state index in [4.69, 9.17) is 4.74 Å². The van der Waals surface area contributed by atoms with Crippen LogP contribution in [0.15, 0.2) is 77.7 Å². The lowest BCUT2D eigenvalue weighted by atomic mass is 10.1. The summed E-state index contributed by atoms with van der Waals surface area (Å²) >= 11 is 0. The fourth-order valence-corrected chi connectivity index (χ4v) is 3.59. The van der Waals surface area contributed by atoms with E-state index in [1.54, 1.807) is 48.5 Å². The minimum Gasteiger partial charge on any atom is -0.486 e. The van der Waals surface area contributed by atoms with E-state index in [0.717, 1.165) is 11.8 Å². The number of rotatable bonds is 7. The van der Waals surface area contributed by atoms with Gasteiger partial charge in [0.05, 0.1) is 4.90 Å². The fourth-order valence-electron chi connectivity index (χ4n) is 2.96. The van der Waals surface area contributed by atoms with Crippen molar-refractivity contribution < 1.29 is 22.7 Å². The van der Waals surface area contributed by atoms with Gasteiger partial charge in [0.1, 0.15) is 11.9 Å². The summed E-state index contributed by atoms with van der Waals surface area (Å²) in [4.78, 5) is 24.2. The molecule has 0 saturated heterocycles. The van der Waals surface area contributed by atoms with Gasteiger partial charge in [-0.2, -0.15) is 0 Å². The average molecular weight is 438 g/mol. The molecule has 0 heterocycles. The standard InChI is InChI=1S/C24H23NO5S/c1-16(26)18-7-9-19(10-8-18)17(2)30-22-6-4-5-20(15-22)24(27)25-21-11-13-23(14-12-21)31(3,28)29/h4-15,17H,1-3H3,(H,25,27). The molecular formula is C24H23NO5S. The minimum atomic E-state index is -3.29. The first-order valence-electron chi connectivity index (χ1n) is 9.62. The lowest BCUT2D eigenvalue weighted by Gasteiger charge is -2.16. The summed E-state index contributed by atoms with van der Waals surface area (Å²) in [6.07, 6.45) is 0.855. The van der Waals surface area contributed by atoms with E-state index in [0.29, 0.717) is 22.6 Å². The highest BCUT2D eigenvalue weighted by atomic mass is 32.2. The second-order valence-electron chi connectivity index (χ2n) is 7.22. The molecular weight excluding hydrogens is 414 g/mol. The van der Waals surface area contributed by atoms with Gasteiger partial charge in [-0.3, -0.25) is 9.59 Å². The molecule has 6 nitrogen and oxygen atoms in total. The van der Waals surface area contributed by atoms with Crippen molar-refractivity contribution >= 4 is 27.2 Å². The maximum atomic E-state index is 12.6. The number of sulfone groups is 1. The first-order valence-corrected chi connectivity index (χ1v) is 11.5. The zero-order valence-corrected chi connectivity index (χ0v) is 18.3. The van der Waals surface area contributed by atoms with Crippen molar-refractivity contribution in [3.05, 3.63) is 89.5 Å². The van der Waals surface area contributed by atoms with Crippen LogP contribution in [0.25, 0.3) is 0 Å². The number of anilines is 1. The molecule has 1 unspecified atom stereocenters. The van der Waals surface area contributed by atoms with Crippen molar-refractivity contribution in [1.82, 2.24) is 0 Å². The predicted molar refractivity (Wildman–Crippen MR) is 119 cm³/mol. The number of hydrogen-bond acceptors (Lipinski definition) is 5. The molecule has 31 heavy (non-hydrogen) atoms. The molecule has 3 aromatic carbocycles. The third-order valence-corrected chi connectivity index (χ3v) is 5.86. The number of Topliss-reactive ketones (excluding diaryl/α,β-unsaturated/α-hetero) is 1. The maximum Gasteiger partial charge on any atom is 0.255 e. The van der Waals surface area contributed by atoms with Gasteiger partial charge < -0.3 is 10.1 Å². The van der Waals surface area contributed by atoms with Crippen molar-refractivity contribution in [3.63, 3.8) is 0 Å². The first-order chi connectivity index (χ1) is 14.6. The van der Waals surface area contributed by atoms with E-state index in [9.17, 15) is 18.0 Å². The first kappa shape index (κ1) is 22.2. The van der Waals surface area contributed by atoms with Gasteiger partial charge in [-0.1, -0.05) is 30.3 Å². The van der Waals surface area contributed by atoms with Gasteiger partial charge in [-0.25, -0.2) is 8.42 Å². The Balaban J connectivity index is 1.69. The van der Waals surface area contributed by atoms with E-state index < -0.39 is 9.84 Å². The number of benzene rings is 3. The summed E-state index contributed by atoms with van der Waals surface area (Å²) in [6.45, 7) is 3.41. The van der Waals surface area contributed by atoms with Crippen LogP contribution in [-0.2, 0) is 9.84 Å². The van der Waals surface area contributed by atoms with Crippen LogP contribution in [-0.4, -0.2) is 26.4 Å². The summed E-state index contributed by atoms with van der Waals surface area (Å²) in [5, 5.41) is 2.74. The third-order valence-electron chi connectivity index (χ3n) is 4.74. The van der Waals surface area contributed by atoms with Crippen LogP contribution in [0.1, 0.15) is 46.2 Å². The van der Waals surface area contributed by atoms with Crippen LogP contribution in [0.3, 0.4) is 0 Å². The number of hydrogen-bond donors (Lipinski definition) is 1. The van der Waals surface area contributed by atoms with Gasteiger partial charge in [-0.15, -0.1) is 0 Å². The summed E-state index contributed by atoms with van der Waals surface area (Å²) in [5.74, 6) is 0.198. The second-order valence-corrected chi connectivity index (χ2v) is 9.23. The summed E-state index contributed by atoms with van der Waals surface area (Å²) in [5.41, 5.74) is 2.44. The van der Waals surface area contributed by atoms with Gasteiger partial charge in [0.15, 0.2) is 15.6 Å². The summed E-state index contributed by atoms with van der Waals surface area (Å²) in [6, 6.07) is 20.0. The Morgan fingerprint density at radius 1 is 0.903 bits per heavy atom. The van der Waals surface area contributed by atoms with Crippen LogP contribution in [0.2, 0.25) is 0 Å². The van der Waals surface area contributed by atoms with Gasteiger partial charge in [0.25, 0.3) is 5.91 Å². The molecule has 1 N–H and O–H groups in total. The fraction of sp³-hybridized carbons (Fsp3) is 0.167. The van der Waals surface area contributed by atoms with E-state index in [-0.39, 0.29) is 22.7 Å². The molecule has 1 amide bonds. The van der Waals surface area contributed by atoms with E-state index in [1.807, 2.05) is 19.1 Å². The molecule has 0 aliphatic heterocycles. The minimum absolute atomic E-state index is 0.00444. The van der Waals surface area contributed by atoms with Gasteiger partial charge in [0, 0.05) is 23.1 Å². The molecule has 7 heteroatoms. The van der Waals surface area contributed by atoms with Crippen molar-refractivity contribution in [1.29, 1.82) is 0 Å². The van der Waals surface area contributed by atoms with Gasteiger partial charge in [0.2, 0.25) is 0 Å². The highest BCUT2D eigenvalue weighted by Gasteiger charge is 2.12. The monoisotopic (exact) mass is 437 g/mol. The Morgan fingerprint density at radius 3 is 2.13 bits per heavy atom.